The van der Waals surface area contributed by atoms with Crippen molar-refractivity contribution >= 4 is 11.9 Å². The van der Waals surface area contributed by atoms with Gasteiger partial charge in [0.15, 0.2) is 0 Å². The molecule has 0 atom stereocenters. The molecule has 2 heterocycles. The number of methoxy groups -OCH3 is 4. The molecule has 2 aliphatic carbocycles. The predicted molar refractivity (Wildman–Crippen MR) is 136 cm³/mol. The second-order valence-corrected chi connectivity index (χ2v) is 7.32. The minimum atomic E-state index is -1.33. The van der Waals surface area contributed by atoms with Gasteiger partial charge in [0.2, 0.25) is 23.5 Å². The molecule has 10 nitrogen and oxygen atoms in total. The van der Waals surface area contributed by atoms with Gasteiger partial charge >= 0.3 is 21.7 Å². The van der Waals surface area contributed by atoms with Gasteiger partial charge in [-0.2, -0.15) is 9.97 Å². The number of nitrogens with zero attached hydrogens (tertiary/aromatic N) is 2. The van der Waals surface area contributed by atoms with Crippen molar-refractivity contribution < 1.29 is 60.5 Å². The number of carbonyl (C=O) groups excluding carboxylic acids is 2. The van der Waals surface area contributed by atoms with E-state index in [0.717, 1.165) is 0 Å². The largest absolute Gasteiger partial charge is 4.00 e. The summed E-state index contributed by atoms with van der Waals surface area (Å²) in [7, 11) is 5.52. The normalized spacial score (nSPS) is 14.1. The molecule has 0 unspecified atom stereocenters. The number of carbonyl (C=O) groups is 2. The minimum Gasteiger partial charge on any atom is -0.545 e. The second kappa shape index (κ2) is 20.1. The zero-order valence-electron chi connectivity index (χ0n) is 22.6. The van der Waals surface area contributed by atoms with E-state index in [9.17, 15) is 19.8 Å². The molecule has 0 amide bonds. The molecule has 0 bridgehead atoms. The Kier molecular flexibility index (Phi) is 18.6. The maximum Gasteiger partial charge on any atom is 4.00 e. The molecule has 0 spiro atoms. The van der Waals surface area contributed by atoms with Crippen LogP contribution in [0.5, 0.6) is 23.5 Å². The standard InChI is InChI=1S/2C8H9NO4.2C6H7.Ti/c2*1-12-6-4-3-5(8(10)11)7(9-6)13-2;2*1-6-4-2-3-5-6;/h2*3-4H,1-2H3,(H,10,11);2*2-5H,1H3;/q;;;;+4/p-2. The van der Waals surface area contributed by atoms with Crippen molar-refractivity contribution in [1.82, 2.24) is 9.97 Å². The Bertz CT molecular complexity index is 914. The Labute approximate surface area is 246 Å². The summed E-state index contributed by atoms with van der Waals surface area (Å²) in [5.74, 6) is 0.589. The van der Waals surface area contributed by atoms with Crippen LogP contribution < -0.4 is 29.2 Å². The average Bonchev–Trinajstić information content (AvgIpc) is 3.61. The van der Waals surface area contributed by atoms with Crippen molar-refractivity contribution in [2.24, 2.45) is 0 Å². The molecule has 2 aromatic rings. The maximum absolute atomic E-state index is 10.5. The summed E-state index contributed by atoms with van der Waals surface area (Å²) in [6, 6.07) is 5.49. The van der Waals surface area contributed by atoms with Crippen LogP contribution in [0.15, 0.2) is 24.3 Å². The van der Waals surface area contributed by atoms with Crippen LogP contribution in [0.2, 0.25) is 0 Å². The minimum absolute atomic E-state index is 0. The third-order valence-electron chi connectivity index (χ3n) is 4.57. The Balaban J connectivity index is 0.000000518. The molecular weight excluding hydrogens is 540 g/mol. The second-order valence-electron chi connectivity index (χ2n) is 7.32. The molecular formula is C28H30N2O8Ti+2. The van der Waals surface area contributed by atoms with E-state index in [1.54, 1.807) is 0 Å². The zero-order valence-corrected chi connectivity index (χ0v) is 24.2. The summed E-state index contributed by atoms with van der Waals surface area (Å²) >= 11 is 0. The molecule has 10 radical (unpaired) electrons. The fourth-order valence-corrected chi connectivity index (χ4v) is 2.64. The molecule has 0 aromatic carbocycles. The fourth-order valence-electron chi connectivity index (χ4n) is 2.64. The Morgan fingerprint density at radius 1 is 0.590 bits per heavy atom. The number of hydrogen-bond acceptors (Lipinski definition) is 10. The molecule has 2 fully saturated rings. The van der Waals surface area contributed by atoms with Crippen molar-refractivity contribution in [1.29, 1.82) is 0 Å². The van der Waals surface area contributed by atoms with Crippen molar-refractivity contribution in [2.45, 2.75) is 13.8 Å². The van der Waals surface area contributed by atoms with E-state index in [4.69, 9.17) is 18.9 Å². The van der Waals surface area contributed by atoms with E-state index in [1.807, 2.05) is 25.7 Å². The first-order valence-corrected chi connectivity index (χ1v) is 11.1. The van der Waals surface area contributed by atoms with E-state index in [1.165, 1.54) is 64.5 Å². The van der Waals surface area contributed by atoms with E-state index in [0.29, 0.717) is 11.8 Å². The molecule has 2 saturated carbocycles. The summed E-state index contributed by atoms with van der Waals surface area (Å²) in [6.45, 7) is 4.17. The molecule has 11 heteroatoms. The summed E-state index contributed by atoms with van der Waals surface area (Å²) in [4.78, 5) is 28.5. The van der Waals surface area contributed by atoms with E-state index in [2.05, 4.69) is 49.5 Å². The zero-order chi connectivity index (χ0) is 28.5. The van der Waals surface area contributed by atoms with Crippen LogP contribution in [0.4, 0.5) is 0 Å². The Morgan fingerprint density at radius 2 is 0.897 bits per heavy atom. The van der Waals surface area contributed by atoms with Crippen LogP contribution in [0, 0.1) is 63.2 Å². The number of hydrogen-bond donors (Lipinski definition) is 0. The van der Waals surface area contributed by atoms with Crippen molar-refractivity contribution in [2.75, 3.05) is 28.4 Å². The smallest absolute Gasteiger partial charge is 0.545 e. The Hall–Kier alpha value is -2.85. The summed E-state index contributed by atoms with van der Waals surface area (Å²) < 4.78 is 19.0. The van der Waals surface area contributed by atoms with Gasteiger partial charge in [-0.3, -0.25) is 0 Å². The van der Waals surface area contributed by atoms with Crippen LogP contribution in [0.1, 0.15) is 34.6 Å². The molecule has 0 saturated heterocycles. The van der Waals surface area contributed by atoms with Gasteiger partial charge in [-0.15, -0.1) is 0 Å². The van der Waals surface area contributed by atoms with Gasteiger partial charge in [0.05, 0.1) is 51.5 Å². The first-order chi connectivity index (χ1) is 18.2. The molecule has 0 N–H and O–H groups in total. The van der Waals surface area contributed by atoms with Crippen LogP contribution in [-0.2, 0) is 21.7 Å². The monoisotopic (exact) mass is 570 g/mol. The van der Waals surface area contributed by atoms with Crippen molar-refractivity contribution in [3.63, 3.8) is 0 Å². The maximum atomic E-state index is 10.5. The van der Waals surface area contributed by atoms with Crippen LogP contribution in [-0.4, -0.2) is 50.3 Å². The quantitative estimate of drug-likeness (QED) is 0.472. The summed E-state index contributed by atoms with van der Waals surface area (Å²) in [5, 5.41) is 21.0. The van der Waals surface area contributed by atoms with Gasteiger partial charge < -0.3 is 38.7 Å². The number of carboxylic acid groups (broad SMARTS) is 2. The first-order valence-electron chi connectivity index (χ1n) is 11.1. The first kappa shape index (κ1) is 36.2. The van der Waals surface area contributed by atoms with Gasteiger partial charge in [0.25, 0.3) is 0 Å². The molecule has 2 aromatic heterocycles. The summed E-state index contributed by atoms with van der Waals surface area (Å²) in [6.07, 6.45) is 16.5. The SMILES string of the molecule is COc1ccc(C(=O)[O-])c(OC)n1.COc1ccc(C(=O)[O-])c(OC)n1.C[C]1[CH][CH][CH][CH]1.C[C]1[CH][CH][CH][CH]1.[Ti+4]. The Morgan fingerprint density at radius 3 is 1.08 bits per heavy atom. The third kappa shape index (κ3) is 13.7. The van der Waals surface area contributed by atoms with Crippen LogP contribution >= 0.6 is 0 Å². The number of pyridine rings is 2. The van der Waals surface area contributed by atoms with Crippen LogP contribution in [0.3, 0.4) is 0 Å². The van der Waals surface area contributed by atoms with E-state index in [-0.39, 0.29) is 44.6 Å². The van der Waals surface area contributed by atoms with Crippen molar-refractivity contribution in [3.8, 4) is 23.5 Å². The number of rotatable bonds is 6. The fraction of sp³-hybridized carbons (Fsp3) is 0.214. The van der Waals surface area contributed by atoms with Gasteiger partial charge in [-0.25, -0.2) is 0 Å². The number of carboxylic acids is 2. The molecule has 4 rings (SSSR count). The van der Waals surface area contributed by atoms with E-state index < -0.39 is 11.9 Å². The van der Waals surface area contributed by atoms with Crippen molar-refractivity contribution in [3.05, 3.63) is 98.6 Å². The van der Waals surface area contributed by atoms with Gasteiger partial charge in [-0.1, -0.05) is 13.8 Å². The van der Waals surface area contributed by atoms with Crippen LogP contribution in [0.25, 0.3) is 0 Å². The molecule has 2 aliphatic rings. The number of aromatic nitrogens is 2. The van der Waals surface area contributed by atoms with E-state index >= 15 is 0 Å². The van der Waals surface area contributed by atoms with Gasteiger partial charge in [0.1, 0.15) is 0 Å². The number of aromatic carboxylic acids is 2. The molecule has 202 valence electrons. The third-order valence-corrected chi connectivity index (χ3v) is 4.57. The summed E-state index contributed by atoms with van der Waals surface area (Å²) in [5.41, 5.74) is -0.188. The topological polar surface area (TPSA) is 143 Å². The molecule has 0 aliphatic heterocycles. The average molecular weight is 570 g/mol. The predicted octanol–water partition coefficient (Wildman–Crippen LogP) is 1.75. The number of ether oxygens (including phenoxy) is 4. The van der Waals surface area contributed by atoms with Gasteiger partial charge in [-0.05, 0) is 75.3 Å². The van der Waals surface area contributed by atoms with Gasteiger partial charge in [0, 0.05) is 12.1 Å². The molecule has 39 heavy (non-hydrogen) atoms.